The average molecular weight is 470 g/mol. The summed E-state index contributed by atoms with van der Waals surface area (Å²) in [4.78, 5) is 28.9. The topological polar surface area (TPSA) is 80.6 Å². The van der Waals surface area contributed by atoms with Gasteiger partial charge in [-0.05, 0) is 29.8 Å². The molecular formula is C23H21ClFN5O3. The standard InChI is InChI=1S/C23H21ClFN5O3/c24-16-7-5-15(6-8-16)20-13-30-19(14-33-20)21(26-27-30)23(32)29-11-9-28(10-12-29)22(31)17-3-1-2-4-18(17)25/h1-8,20H,9-14H2/t20-/m1/s1. The lowest BCUT2D eigenvalue weighted by atomic mass is 10.1. The maximum Gasteiger partial charge on any atom is 0.276 e. The predicted molar refractivity (Wildman–Crippen MR) is 117 cm³/mol. The summed E-state index contributed by atoms with van der Waals surface area (Å²) in [5.41, 5.74) is 1.91. The molecule has 1 aromatic heterocycles. The normalized spacial score (nSPS) is 18.2. The van der Waals surface area contributed by atoms with Crippen molar-refractivity contribution in [2.45, 2.75) is 19.3 Å². The molecule has 0 saturated carbocycles. The van der Waals surface area contributed by atoms with Crippen molar-refractivity contribution in [2.75, 3.05) is 26.2 Å². The van der Waals surface area contributed by atoms with Crippen molar-refractivity contribution < 1.29 is 18.7 Å². The van der Waals surface area contributed by atoms with Crippen LogP contribution in [0.15, 0.2) is 48.5 Å². The first-order valence-corrected chi connectivity index (χ1v) is 11.0. The lowest BCUT2D eigenvalue weighted by molar-refractivity contribution is -0.00202. The number of aromatic nitrogens is 3. The zero-order chi connectivity index (χ0) is 22.9. The lowest BCUT2D eigenvalue weighted by Gasteiger charge is -2.34. The smallest absolute Gasteiger partial charge is 0.276 e. The van der Waals surface area contributed by atoms with E-state index in [4.69, 9.17) is 16.3 Å². The SMILES string of the molecule is O=C(c1ccccc1F)N1CCN(C(=O)c2nnn3c2CO[C@@H](c2ccc(Cl)cc2)C3)CC1. The molecule has 10 heteroatoms. The Kier molecular flexibility index (Phi) is 5.82. The molecule has 1 saturated heterocycles. The molecule has 33 heavy (non-hydrogen) atoms. The Morgan fingerprint density at radius 3 is 2.33 bits per heavy atom. The predicted octanol–water partition coefficient (Wildman–Crippen LogP) is 2.94. The first-order chi connectivity index (χ1) is 16.0. The van der Waals surface area contributed by atoms with Gasteiger partial charge in [-0.3, -0.25) is 9.59 Å². The van der Waals surface area contributed by atoms with E-state index in [9.17, 15) is 14.0 Å². The van der Waals surface area contributed by atoms with Gasteiger partial charge in [0.2, 0.25) is 0 Å². The molecule has 0 spiro atoms. The number of hydrogen-bond acceptors (Lipinski definition) is 5. The van der Waals surface area contributed by atoms with E-state index in [1.807, 2.05) is 24.3 Å². The summed E-state index contributed by atoms with van der Waals surface area (Å²) in [5, 5.41) is 8.94. The molecule has 0 radical (unpaired) electrons. The Hall–Kier alpha value is -3.30. The molecule has 0 bridgehead atoms. The van der Waals surface area contributed by atoms with Gasteiger partial charge in [0.1, 0.15) is 11.9 Å². The molecule has 170 valence electrons. The number of rotatable bonds is 3. The number of halogens is 2. The third-order valence-corrected chi connectivity index (χ3v) is 6.25. The van der Waals surface area contributed by atoms with Crippen LogP contribution in [0.3, 0.4) is 0 Å². The van der Waals surface area contributed by atoms with Crippen LogP contribution in [0.5, 0.6) is 0 Å². The number of amides is 2. The van der Waals surface area contributed by atoms with Crippen LogP contribution in [0.4, 0.5) is 4.39 Å². The van der Waals surface area contributed by atoms with Crippen LogP contribution in [-0.2, 0) is 17.9 Å². The van der Waals surface area contributed by atoms with Crippen LogP contribution in [0.1, 0.15) is 38.2 Å². The van der Waals surface area contributed by atoms with Crippen molar-refractivity contribution in [3.05, 3.63) is 81.9 Å². The zero-order valence-electron chi connectivity index (χ0n) is 17.7. The molecule has 2 aromatic carbocycles. The summed E-state index contributed by atoms with van der Waals surface area (Å²) >= 11 is 5.96. The minimum atomic E-state index is -0.548. The average Bonchev–Trinajstić information content (AvgIpc) is 3.27. The number of piperazine rings is 1. The molecular weight excluding hydrogens is 449 g/mol. The van der Waals surface area contributed by atoms with E-state index in [1.165, 1.54) is 12.1 Å². The number of carbonyl (C=O) groups excluding carboxylic acids is 2. The Morgan fingerprint density at radius 1 is 0.970 bits per heavy atom. The summed E-state index contributed by atoms with van der Waals surface area (Å²) in [6.07, 6.45) is -0.202. The second-order valence-corrected chi connectivity index (χ2v) is 8.42. The van der Waals surface area contributed by atoms with Crippen LogP contribution < -0.4 is 0 Å². The fourth-order valence-corrected chi connectivity index (χ4v) is 4.25. The molecule has 1 fully saturated rings. The zero-order valence-corrected chi connectivity index (χ0v) is 18.4. The van der Waals surface area contributed by atoms with Gasteiger partial charge in [-0.1, -0.05) is 41.1 Å². The highest BCUT2D eigenvalue weighted by Crippen LogP contribution is 2.28. The van der Waals surface area contributed by atoms with Gasteiger partial charge in [0, 0.05) is 31.2 Å². The minimum absolute atomic E-state index is 0.0389. The van der Waals surface area contributed by atoms with Gasteiger partial charge in [0.15, 0.2) is 5.69 Å². The number of carbonyl (C=O) groups is 2. The number of ether oxygens (including phenoxy) is 1. The molecule has 2 aliphatic heterocycles. The molecule has 5 rings (SSSR count). The van der Waals surface area contributed by atoms with Crippen molar-refractivity contribution in [2.24, 2.45) is 0 Å². The highest BCUT2D eigenvalue weighted by atomic mass is 35.5. The largest absolute Gasteiger partial charge is 0.365 e. The molecule has 1 atom stereocenters. The molecule has 2 aliphatic rings. The number of nitrogens with zero attached hydrogens (tertiary/aromatic N) is 5. The van der Waals surface area contributed by atoms with E-state index >= 15 is 0 Å². The van der Waals surface area contributed by atoms with Gasteiger partial charge >= 0.3 is 0 Å². The summed E-state index contributed by atoms with van der Waals surface area (Å²) in [6.45, 7) is 1.96. The highest BCUT2D eigenvalue weighted by Gasteiger charge is 2.32. The van der Waals surface area contributed by atoms with Gasteiger partial charge in [-0.15, -0.1) is 5.10 Å². The molecule has 8 nitrogen and oxygen atoms in total. The van der Waals surface area contributed by atoms with Crippen molar-refractivity contribution in [1.29, 1.82) is 0 Å². The third kappa shape index (κ3) is 4.21. The van der Waals surface area contributed by atoms with Crippen LogP contribution >= 0.6 is 11.6 Å². The second kappa shape index (κ2) is 8.92. The van der Waals surface area contributed by atoms with E-state index in [-0.39, 0.29) is 35.8 Å². The summed E-state index contributed by atoms with van der Waals surface area (Å²) in [6, 6.07) is 13.3. The van der Waals surface area contributed by atoms with Crippen molar-refractivity contribution >= 4 is 23.4 Å². The van der Waals surface area contributed by atoms with E-state index in [0.29, 0.717) is 43.4 Å². The maximum atomic E-state index is 14.0. The van der Waals surface area contributed by atoms with Crippen LogP contribution in [0.2, 0.25) is 5.02 Å². The molecule has 3 aromatic rings. The van der Waals surface area contributed by atoms with Crippen LogP contribution in [0, 0.1) is 5.82 Å². The van der Waals surface area contributed by atoms with E-state index in [2.05, 4.69) is 10.3 Å². The Labute approximate surface area is 194 Å². The van der Waals surface area contributed by atoms with Gasteiger partial charge < -0.3 is 14.5 Å². The Bertz CT molecular complexity index is 1190. The summed E-state index contributed by atoms with van der Waals surface area (Å²) in [5.74, 6) is -1.17. The van der Waals surface area contributed by atoms with Crippen molar-refractivity contribution in [3.8, 4) is 0 Å². The number of hydrogen-bond donors (Lipinski definition) is 0. The van der Waals surface area contributed by atoms with Crippen LogP contribution in [0.25, 0.3) is 0 Å². The number of benzene rings is 2. The fraction of sp³-hybridized carbons (Fsp3) is 0.304. The molecule has 3 heterocycles. The number of fused-ring (bicyclic) bond motifs is 1. The Morgan fingerprint density at radius 2 is 1.64 bits per heavy atom. The molecule has 0 aliphatic carbocycles. The van der Waals surface area contributed by atoms with Crippen LogP contribution in [-0.4, -0.2) is 62.8 Å². The van der Waals surface area contributed by atoms with Crippen molar-refractivity contribution in [1.82, 2.24) is 24.8 Å². The minimum Gasteiger partial charge on any atom is -0.365 e. The third-order valence-electron chi connectivity index (χ3n) is 6.00. The lowest BCUT2D eigenvalue weighted by Crippen LogP contribution is -2.51. The van der Waals surface area contributed by atoms with Crippen molar-refractivity contribution in [3.63, 3.8) is 0 Å². The van der Waals surface area contributed by atoms with Gasteiger partial charge in [0.25, 0.3) is 11.8 Å². The monoisotopic (exact) mass is 469 g/mol. The first-order valence-electron chi connectivity index (χ1n) is 10.6. The molecule has 0 unspecified atom stereocenters. The first kappa shape index (κ1) is 21.5. The second-order valence-electron chi connectivity index (χ2n) is 7.98. The van der Waals surface area contributed by atoms with Gasteiger partial charge in [-0.25, -0.2) is 9.07 Å². The Balaban J connectivity index is 1.23. The van der Waals surface area contributed by atoms with E-state index in [1.54, 1.807) is 26.6 Å². The van der Waals surface area contributed by atoms with Gasteiger partial charge in [0.05, 0.1) is 24.4 Å². The molecule has 0 N–H and O–H groups in total. The maximum absolute atomic E-state index is 14.0. The fourth-order valence-electron chi connectivity index (χ4n) is 4.12. The van der Waals surface area contributed by atoms with E-state index in [0.717, 1.165) is 5.56 Å². The van der Waals surface area contributed by atoms with Gasteiger partial charge in [-0.2, -0.15) is 0 Å². The summed E-state index contributed by atoms with van der Waals surface area (Å²) in [7, 11) is 0. The quantitative estimate of drug-likeness (QED) is 0.589. The summed E-state index contributed by atoms with van der Waals surface area (Å²) < 4.78 is 21.6. The molecule has 2 amide bonds. The van der Waals surface area contributed by atoms with E-state index < -0.39 is 5.82 Å². The highest BCUT2D eigenvalue weighted by molar-refractivity contribution is 6.30.